The standard InChI is InChI=1S/C7H9N3O/c11-7-9-4-6(10-7)5-2-1-3-8-5/h1-3,6,8H,4H2,(H2,9,10,11)/t6-/m0/s1. The molecule has 1 saturated heterocycles. The zero-order valence-electron chi connectivity index (χ0n) is 5.92. The van der Waals surface area contributed by atoms with Crippen molar-refractivity contribution in [3.05, 3.63) is 24.0 Å². The Morgan fingerprint density at radius 1 is 1.55 bits per heavy atom. The van der Waals surface area contributed by atoms with Crippen molar-refractivity contribution in [1.82, 2.24) is 15.6 Å². The third-order valence-corrected chi connectivity index (χ3v) is 1.77. The van der Waals surface area contributed by atoms with Gasteiger partial charge in [-0.2, -0.15) is 0 Å². The van der Waals surface area contributed by atoms with Crippen LogP contribution in [0.2, 0.25) is 0 Å². The molecule has 2 amide bonds. The number of aromatic nitrogens is 1. The Morgan fingerprint density at radius 2 is 2.45 bits per heavy atom. The van der Waals surface area contributed by atoms with Gasteiger partial charge in [0.05, 0.1) is 6.04 Å². The van der Waals surface area contributed by atoms with E-state index in [0.717, 1.165) is 5.69 Å². The maximum Gasteiger partial charge on any atom is 0.315 e. The summed E-state index contributed by atoms with van der Waals surface area (Å²) in [6, 6.07) is 3.89. The second-order valence-electron chi connectivity index (χ2n) is 2.53. The van der Waals surface area contributed by atoms with Crippen molar-refractivity contribution in [2.45, 2.75) is 6.04 Å². The molecule has 0 aromatic carbocycles. The van der Waals surface area contributed by atoms with Crippen molar-refractivity contribution >= 4 is 6.03 Å². The van der Waals surface area contributed by atoms with Gasteiger partial charge in [-0.15, -0.1) is 0 Å². The molecule has 0 aliphatic carbocycles. The molecular weight excluding hydrogens is 142 g/mol. The van der Waals surface area contributed by atoms with E-state index >= 15 is 0 Å². The van der Waals surface area contributed by atoms with Gasteiger partial charge in [-0.3, -0.25) is 0 Å². The summed E-state index contributed by atoms with van der Waals surface area (Å²) < 4.78 is 0. The van der Waals surface area contributed by atoms with Gasteiger partial charge < -0.3 is 15.6 Å². The maximum absolute atomic E-state index is 10.7. The topological polar surface area (TPSA) is 56.9 Å². The highest BCUT2D eigenvalue weighted by atomic mass is 16.2. The average molecular weight is 151 g/mol. The van der Waals surface area contributed by atoms with Gasteiger partial charge in [-0.1, -0.05) is 0 Å². The Labute approximate surface area is 64.0 Å². The van der Waals surface area contributed by atoms with E-state index in [1.807, 2.05) is 18.3 Å². The molecule has 4 heteroatoms. The number of aromatic amines is 1. The number of carbonyl (C=O) groups excluding carboxylic acids is 1. The Balaban J connectivity index is 2.13. The van der Waals surface area contributed by atoms with Gasteiger partial charge in [0, 0.05) is 18.4 Å². The first-order valence-corrected chi connectivity index (χ1v) is 3.54. The summed E-state index contributed by atoms with van der Waals surface area (Å²) >= 11 is 0. The zero-order valence-corrected chi connectivity index (χ0v) is 5.92. The van der Waals surface area contributed by atoms with E-state index in [4.69, 9.17) is 0 Å². The van der Waals surface area contributed by atoms with Crippen LogP contribution in [0, 0.1) is 0 Å². The van der Waals surface area contributed by atoms with E-state index < -0.39 is 0 Å². The first-order valence-electron chi connectivity index (χ1n) is 3.54. The smallest absolute Gasteiger partial charge is 0.315 e. The van der Waals surface area contributed by atoms with E-state index in [2.05, 4.69) is 15.6 Å². The van der Waals surface area contributed by atoms with Crippen LogP contribution in [0.5, 0.6) is 0 Å². The number of nitrogens with one attached hydrogen (secondary N) is 3. The molecular formula is C7H9N3O. The first kappa shape index (κ1) is 6.27. The van der Waals surface area contributed by atoms with Crippen LogP contribution in [-0.2, 0) is 0 Å². The number of urea groups is 1. The number of hydrogen-bond donors (Lipinski definition) is 3. The molecule has 2 rings (SSSR count). The normalized spacial score (nSPS) is 22.9. The van der Waals surface area contributed by atoms with E-state index in [1.54, 1.807) is 0 Å². The predicted molar refractivity (Wildman–Crippen MR) is 40.1 cm³/mol. The van der Waals surface area contributed by atoms with Crippen molar-refractivity contribution in [3.63, 3.8) is 0 Å². The Bertz CT molecular complexity index is 255. The summed E-state index contributed by atoms with van der Waals surface area (Å²) in [5, 5.41) is 5.46. The molecule has 1 fully saturated rings. The molecule has 4 nitrogen and oxygen atoms in total. The van der Waals surface area contributed by atoms with Crippen molar-refractivity contribution in [3.8, 4) is 0 Å². The second kappa shape index (κ2) is 2.30. The molecule has 1 aliphatic heterocycles. The molecule has 0 saturated carbocycles. The lowest BCUT2D eigenvalue weighted by molar-refractivity contribution is 0.247. The number of amides is 2. The molecule has 1 aromatic rings. The third-order valence-electron chi connectivity index (χ3n) is 1.77. The third kappa shape index (κ3) is 1.07. The monoisotopic (exact) mass is 151 g/mol. The van der Waals surface area contributed by atoms with Crippen LogP contribution in [0.25, 0.3) is 0 Å². The number of rotatable bonds is 1. The van der Waals surface area contributed by atoms with E-state index in [0.29, 0.717) is 6.54 Å². The summed E-state index contributed by atoms with van der Waals surface area (Å²) in [6.45, 7) is 0.666. The number of H-pyrrole nitrogens is 1. The van der Waals surface area contributed by atoms with Gasteiger partial charge >= 0.3 is 6.03 Å². The molecule has 11 heavy (non-hydrogen) atoms. The molecule has 1 atom stereocenters. The van der Waals surface area contributed by atoms with Crippen LogP contribution < -0.4 is 10.6 Å². The molecule has 0 unspecified atom stereocenters. The summed E-state index contributed by atoms with van der Waals surface area (Å²) in [5.41, 5.74) is 1.04. The summed E-state index contributed by atoms with van der Waals surface area (Å²) in [4.78, 5) is 13.8. The molecule has 0 bridgehead atoms. The molecule has 1 aliphatic rings. The van der Waals surface area contributed by atoms with E-state index in [-0.39, 0.29) is 12.1 Å². The van der Waals surface area contributed by atoms with E-state index in [1.165, 1.54) is 0 Å². The molecule has 3 N–H and O–H groups in total. The van der Waals surface area contributed by atoms with Crippen LogP contribution in [0.15, 0.2) is 18.3 Å². The maximum atomic E-state index is 10.7. The molecule has 2 heterocycles. The Morgan fingerprint density at radius 3 is 3.00 bits per heavy atom. The van der Waals surface area contributed by atoms with Crippen molar-refractivity contribution in [2.75, 3.05) is 6.54 Å². The van der Waals surface area contributed by atoms with E-state index in [9.17, 15) is 4.79 Å². The van der Waals surface area contributed by atoms with Crippen LogP contribution in [-0.4, -0.2) is 17.6 Å². The van der Waals surface area contributed by atoms with Gasteiger partial charge in [0.1, 0.15) is 0 Å². The lowest BCUT2D eigenvalue weighted by atomic mass is 10.2. The summed E-state index contributed by atoms with van der Waals surface area (Å²) in [6.07, 6.45) is 1.85. The fraction of sp³-hybridized carbons (Fsp3) is 0.286. The Kier molecular flexibility index (Phi) is 1.31. The lowest BCUT2D eigenvalue weighted by Gasteiger charge is -2.03. The summed E-state index contributed by atoms with van der Waals surface area (Å²) in [7, 11) is 0. The van der Waals surface area contributed by atoms with Gasteiger partial charge in [0.25, 0.3) is 0 Å². The van der Waals surface area contributed by atoms with Gasteiger partial charge in [-0.05, 0) is 12.1 Å². The zero-order chi connectivity index (χ0) is 7.68. The minimum absolute atomic E-state index is 0.0930. The minimum atomic E-state index is -0.0930. The SMILES string of the molecule is O=C1NC[C@@H](c2ccc[nH]2)N1. The Hall–Kier alpha value is -1.45. The van der Waals surface area contributed by atoms with Gasteiger partial charge in [0.15, 0.2) is 0 Å². The molecule has 58 valence electrons. The quantitative estimate of drug-likeness (QED) is 0.533. The lowest BCUT2D eigenvalue weighted by Crippen LogP contribution is -2.21. The number of carbonyl (C=O) groups is 1. The largest absolute Gasteiger partial charge is 0.363 e. The highest BCUT2D eigenvalue weighted by Crippen LogP contribution is 2.11. The summed E-state index contributed by atoms with van der Waals surface area (Å²) in [5.74, 6) is 0. The molecule has 0 radical (unpaired) electrons. The van der Waals surface area contributed by atoms with Crippen LogP contribution in [0.1, 0.15) is 11.7 Å². The first-order chi connectivity index (χ1) is 5.36. The fourth-order valence-corrected chi connectivity index (χ4v) is 1.20. The predicted octanol–water partition coefficient (Wildman–Crippen LogP) is 0.369. The van der Waals surface area contributed by atoms with Crippen LogP contribution in [0.3, 0.4) is 0 Å². The van der Waals surface area contributed by atoms with Crippen molar-refractivity contribution in [2.24, 2.45) is 0 Å². The molecule has 1 aromatic heterocycles. The van der Waals surface area contributed by atoms with Crippen molar-refractivity contribution in [1.29, 1.82) is 0 Å². The highest BCUT2D eigenvalue weighted by Gasteiger charge is 2.21. The van der Waals surface area contributed by atoms with Crippen LogP contribution in [0.4, 0.5) is 4.79 Å². The second-order valence-corrected chi connectivity index (χ2v) is 2.53. The van der Waals surface area contributed by atoms with Crippen molar-refractivity contribution < 1.29 is 4.79 Å². The van der Waals surface area contributed by atoms with Gasteiger partial charge in [0.2, 0.25) is 0 Å². The number of hydrogen-bond acceptors (Lipinski definition) is 1. The minimum Gasteiger partial charge on any atom is -0.363 e. The molecule has 0 spiro atoms. The fourth-order valence-electron chi connectivity index (χ4n) is 1.20. The highest BCUT2D eigenvalue weighted by molar-refractivity contribution is 5.76. The van der Waals surface area contributed by atoms with Gasteiger partial charge in [-0.25, -0.2) is 4.79 Å². The van der Waals surface area contributed by atoms with Crippen LogP contribution >= 0.6 is 0 Å². The average Bonchev–Trinajstić information content (AvgIpc) is 2.55.